The number of nitrogens with zero attached hydrogens (tertiary/aromatic N) is 2. The third-order valence-corrected chi connectivity index (χ3v) is 5.25. The zero-order chi connectivity index (χ0) is 21.1. The highest BCUT2D eigenvalue weighted by molar-refractivity contribution is 5.79. The van der Waals surface area contributed by atoms with Crippen LogP contribution in [0.4, 0.5) is 4.39 Å². The van der Waals surface area contributed by atoms with E-state index < -0.39 is 0 Å². The first kappa shape index (κ1) is 19.8. The zero-order valence-corrected chi connectivity index (χ0v) is 17.0. The molecule has 0 unspecified atom stereocenters. The lowest BCUT2D eigenvalue weighted by atomic mass is 10.0. The van der Waals surface area contributed by atoms with Crippen LogP contribution in [-0.2, 0) is 6.42 Å². The summed E-state index contributed by atoms with van der Waals surface area (Å²) in [6, 6.07) is 21.2. The molecule has 4 nitrogen and oxygen atoms in total. The number of fused-ring (bicyclic) bond motifs is 1. The first-order valence-corrected chi connectivity index (χ1v) is 10.1. The first-order chi connectivity index (χ1) is 14.5. The molecule has 0 bridgehead atoms. The second-order valence-electron chi connectivity index (χ2n) is 7.32. The molecule has 4 aromatic rings. The summed E-state index contributed by atoms with van der Waals surface area (Å²) in [6.07, 6.45) is 1.58. The van der Waals surface area contributed by atoms with E-state index in [1.54, 1.807) is 34.9 Å². The van der Waals surface area contributed by atoms with E-state index in [1.165, 1.54) is 17.7 Å². The zero-order valence-electron chi connectivity index (χ0n) is 17.0. The van der Waals surface area contributed by atoms with Crippen molar-refractivity contribution >= 4 is 10.9 Å². The van der Waals surface area contributed by atoms with Crippen molar-refractivity contribution in [2.45, 2.75) is 32.7 Å². The van der Waals surface area contributed by atoms with E-state index in [2.05, 4.69) is 24.0 Å². The minimum absolute atomic E-state index is 0.0125. The summed E-state index contributed by atoms with van der Waals surface area (Å²) in [5.74, 6) is 1.39. The fourth-order valence-corrected chi connectivity index (χ4v) is 3.73. The number of aryl methyl sites for hydroxylation is 1. The van der Waals surface area contributed by atoms with Gasteiger partial charge in [-0.25, -0.2) is 9.37 Å². The number of hydrogen-bond donors (Lipinski definition) is 0. The summed E-state index contributed by atoms with van der Waals surface area (Å²) in [5, 5.41) is 0.506. The van der Waals surface area contributed by atoms with E-state index in [0.717, 1.165) is 12.8 Å². The second kappa shape index (κ2) is 8.49. The van der Waals surface area contributed by atoms with E-state index in [4.69, 9.17) is 4.74 Å². The highest BCUT2D eigenvalue weighted by Crippen LogP contribution is 2.25. The lowest BCUT2D eigenvalue weighted by Crippen LogP contribution is -2.29. The predicted octanol–water partition coefficient (Wildman–Crippen LogP) is 5.83. The average molecular weight is 402 g/mol. The molecule has 1 atom stereocenters. The molecule has 0 aliphatic heterocycles. The monoisotopic (exact) mass is 402 g/mol. The molecule has 0 amide bonds. The second-order valence-corrected chi connectivity index (χ2v) is 7.32. The molecule has 3 aromatic carbocycles. The van der Waals surface area contributed by atoms with Gasteiger partial charge in [0.15, 0.2) is 0 Å². The molecule has 1 heterocycles. The number of halogens is 1. The van der Waals surface area contributed by atoms with Crippen LogP contribution in [0.5, 0.6) is 11.5 Å². The lowest BCUT2D eigenvalue weighted by molar-refractivity contribution is 0.455. The molecule has 0 fully saturated rings. The van der Waals surface area contributed by atoms with E-state index in [9.17, 15) is 9.18 Å². The van der Waals surface area contributed by atoms with Crippen molar-refractivity contribution in [1.29, 1.82) is 0 Å². The van der Waals surface area contributed by atoms with Gasteiger partial charge in [-0.1, -0.05) is 37.3 Å². The van der Waals surface area contributed by atoms with Crippen molar-refractivity contribution < 1.29 is 9.13 Å². The molecule has 1 aromatic heterocycles. The largest absolute Gasteiger partial charge is 0.457 e. The Bertz CT molecular complexity index is 1220. The van der Waals surface area contributed by atoms with Crippen LogP contribution >= 0.6 is 0 Å². The average Bonchev–Trinajstić information content (AvgIpc) is 2.76. The maximum Gasteiger partial charge on any atom is 0.261 e. The summed E-state index contributed by atoms with van der Waals surface area (Å²) in [7, 11) is 0. The van der Waals surface area contributed by atoms with E-state index in [-0.39, 0.29) is 17.4 Å². The number of benzene rings is 3. The van der Waals surface area contributed by atoms with Crippen molar-refractivity contribution in [3.05, 3.63) is 100 Å². The predicted molar refractivity (Wildman–Crippen MR) is 117 cm³/mol. The third-order valence-electron chi connectivity index (χ3n) is 5.25. The fourth-order valence-electron chi connectivity index (χ4n) is 3.73. The van der Waals surface area contributed by atoms with Gasteiger partial charge in [0.1, 0.15) is 23.1 Å². The number of hydrogen-bond acceptors (Lipinski definition) is 3. The Hall–Kier alpha value is -3.47. The molecule has 30 heavy (non-hydrogen) atoms. The summed E-state index contributed by atoms with van der Waals surface area (Å²) in [6.45, 7) is 3.95. The van der Waals surface area contributed by atoms with Gasteiger partial charge in [0.2, 0.25) is 0 Å². The molecule has 0 aliphatic rings. The van der Waals surface area contributed by atoms with Crippen molar-refractivity contribution in [1.82, 2.24) is 9.55 Å². The standard InChI is InChI=1S/C25H23FN2O2/c1-3-20(15-18-7-5-4-6-8-18)28-17(2)27-24-14-13-22(16-23(24)25(28)29)30-21-11-9-19(26)10-12-21/h4-14,16,20H,3,15H2,1-2H3/t20-/m0/s1. The van der Waals surface area contributed by atoms with Gasteiger partial charge in [0.25, 0.3) is 5.56 Å². The van der Waals surface area contributed by atoms with Crippen LogP contribution in [0.25, 0.3) is 10.9 Å². The Morgan fingerprint density at radius 2 is 1.70 bits per heavy atom. The minimum Gasteiger partial charge on any atom is -0.457 e. The molecule has 5 heteroatoms. The van der Waals surface area contributed by atoms with Crippen LogP contribution in [0, 0.1) is 12.7 Å². The van der Waals surface area contributed by atoms with Crippen LogP contribution in [0.2, 0.25) is 0 Å². The van der Waals surface area contributed by atoms with E-state index in [0.29, 0.717) is 28.2 Å². The van der Waals surface area contributed by atoms with Crippen LogP contribution < -0.4 is 10.3 Å². The van der Waals surface area contributed by atoms with Gasteiger partial charge in [0.05, 0.1) is 10.9 Å². The Balaban J connectivity index is 1.73. The SMILES string of the molecule is CC[C@@H](Cc1ccccc1)n1c(C)nc2ccc(Oc3ccc(F)cc3)cc2c1=O. The normalized spacial score (nSPS) is 12.1. The number of ether oxygens (including phenoxy) is 1. The van der Waals surface area contributed by atoms with Crippen molar-refractivity contribution in [3.8, 4) is 11.5 Å². The molecule has 0 radical (unpaired) electrons. The van der Waals surface area contributed by atoms with Crippen LogP contribution in [-0.4, -0.2) is 9.55 Å². The molecule has 152 valence electrons. The van der Waals surface area contributed by atoms with E-state index in [1.807, 2.05) is 25.1 Å². The molecular formula is C25H23FN2O2. The number of aromatic nitrogens is 2. The van der Waals surface area contributed by atoms with Crippen molar-refractivity contribution in [3.63, 3.8) is 0 Å². The van der Waals surface area contributed by atoms with Crippen molar-refractivity contribution in [2.24, 2.45) is 0 Å². The van der Waals surface area contributed by atoms with Gasteiger partial charge in [0, 0.05) is 6.04 Å². The highest BCUT2D eigenvalue weighted by Gasteiger charge is 2.17. The topological polar surface area (TPSA) is 44.1 Å². The Morgan fingerprint density at radius 1 is 1.00 bits per heavy atom. The smallest absolute Gasteiger partial charge is 0.261 e. The van der Waals surface area contributed by atoms with Gasteiger partial charge in [-0.3, -0.25) is 9.36 Å². The third kappa shape index (κ3) is 4.10. The minimum atomic E-state index is -0.326. The van der Waals surface area contributed by atoms with Gasteiger partial charge >= 0.3 is 0 Å². The maximum atomic E-state index is 13.4. The summed E-state index contributed by atoms with van der Waals surface area (Å²) in [5.41, 5.74) is 1.74. The van der Waals surface area contributed by atoms with Gasteiger partial charge < -0.3 is 4.74 Å². The van der Waals surface area contributed by atoms with E-state index >= 15 is 0 Å². The quantitative estimate of drug-likeness (QED) is 0.408. The molecule has 0 spiro atoms. The summed E-state index contributed by atoms with van der Waals surface area (Å²) < 4.78 is 20.7. The van der Waals surface area contributed by atoms with Crippen molar-refractivity contribution in [2.75, 3.05) is 0 Å². The highest BCUT2D eigenvalue weighted by atomic mass is 19.1. The molecule has 0 saturated heterocycles. The Morgan fingerprint density at radius 3 is 2.40 bits per heavy atom. The molecule has 0 aliphatic carbocycles. The van der Waals surface area contributed by atoms with Crippen LogP contribution in [0.3, 0.4) is 0 Å². The van der Waals surface area contributed by atoms with Gasteiger partial charge in [-0.15, -0.1) is 0 Å². The van der Waals surface area contributed by atoms with Gasteiger partial charge in [-0.05, 0) is 67.8 Å². The van der Waals surface area contributed by atoms with Crippen LogP contribution in [0.1, 0.15) is 30.8 Å². The first-order valence-electron chi connectivity index (χ1n) is 10.1. The lowest BCUT2D eigenvalue weighted by Gasteiger charge is -2.21. The van der Waals surface area contributed by atoms with Gasteiger partial charge in [-0.2, -0.15) is 0 Å². The number of rotatable bonds is 6. The molecule has 4 rings (SSSR count). The Labute approximate surface area is 174 Å². The Kier molecular flexibility index (Phi) is 5.61. The summed E-state index contributed by atoms with van der Waals surface area (Å²) in [4.78, 5) is 18.1. The maximum absolute atomic E-state index is 13.4. The summed E-state index contributed by atoms with van der Waals surface area (Å²) >= 11 is 0. The fraction of sp³-hybridized carbons (Fsp3) is 0.200. The molecular weight excluding hydrogens is 379 g/mol. The van der Waals surface area contributed by atoms with Crippen LogP contribution in [0.15, 0.2) is 77.6 Å². The molecule has 0 N–H and O–H groups in total. The molecule has 0 saturated carbocycles.